The van der Waals surface area contributed by atoms with Gasteiger partial charge in [-0.25, -0.2) is 0 Å². The van der Waals surface area contributed by atoms with E-state index in [1.54, 1.807) is 0 Å². The Bertz CT molecular complexity index is 593. The lowest BCUT2D eigenvalue weighted by atomic mass is 10.1. The highest BCUT2D eigenvalue weighted by molar-refractivity contribution is 5.72. The van der Waals surface area contributed by atoms with Crippen LogP contribution in [0.4, 0.5) is 19.0 Å². The van der Waals surface area contributed by atoms with E-state index < -0.39 is 23.2 Å². The Balaban J connectivity index is 2.57. The highest BCUT2D eigenvalue weighted by Crippen LogP contribution is 2.45. The monoisotopic (exact) mass is 260 g/mol. The molecular formula is C10H7F3N2O3. The topological polar surface area (TPSA) is 92.5 Å². The van der Waals surface area contributed by atoms with E-state index >= 15 is 0 Å². The van der Waals surface area contributed by atoms with Crippen molar-refractivity contribution >= 4 is 5.82 Å². The van der Waals surface area contributed by atoms with Gasteiger partial charge in [-0.2, -0.15) is 13.2 Å². The van der Waals surface area contributed by atoms with Gasteiger partial charge in [-0.15, -0.1) is 0 Å². The molecule has 0 saturated carbocycles. The number of benzene rings is 1. The van der Waals surface area contributed by atoms with Crippen molar-refractivity contribution in [2.24, 2.45) is 0 Å². The number of nitrogen functional groups attached to an aromatic ring is 1. The Morgan fingerprint density at radius 3 is 2.33 bits per heavy atom. The van der Waals surface area contributed by atoms with Crippen molar-refractivity contribution in [1.29, 1.82) is 0 Å². The minimum absolute atomic E-state index is 0.00351. The van der Waals surface area contributed by atoms with Crippen LogP contribution in [0, 0.1) is 0 Å². The number of nitrogens with zero attached hydrogens (tertiary/aromatic N) is 1. The number of alkyl halides is 3. The number of hydrogen-bond donors (Lipinski definition) is 3. The lowest BCUT2D eigenvalue weighted by Crippen LogP contribution is -2.05. The number of aromatic nitrogens is 1. The molecule has 5 nitrogen and oxygen atoms in total. The SMILES string of the molecule is Nc1cc(-c2ccc(C(F)(F)F)c(O)c2O)on1. The summed E-state index contributed by atoms with van der Waals surface area (Å²) in [6, 6.07) is 2.79. The van der Waals surface area contributed by atoms with Crippen LogP contribution in [0.15, 0.2) is 22.7 Å². The molecule has 0 aliphatic rings. The average Bonchev–Trinajstić information content (AvgIpc) is 2.67. The van der Waals surface area contributed by atoms with E-state index in [4.69, 9.17) is 5.73 Å². The molecule has 0 spiro atoms. The van der Waals surface area contributed by atoms with Crippen LogP contribution >= 0.6 is 0 Å². The summed E-state index contributed by atoms with van der Waals surface area (Å²) in [7, 11) is 0. The summed E-state index contributed by atoms with van der Waals surface area (Å²) in [5, 5.41) is 22.2. The molecule has 1 aromatic carbocycles. The van der Waals surface area contributed by atoms with E-state index in [1.165, 1.54) is 6.07 Å². The Labute approximate surface area is 98.2 Å². The van der Waals surface area contributed by atoms with Gasteiger partial charge < -0.3 is 20.5 Å². The van der Waals surface area contributed by atoms with E-state index in [-0.39, 0.29) is 17.1 Å². The molecule has 0 unspecified atom stereocenters. The largest absolute Gasteiger partial charge is 0.504 e. The number of anilines is 1. The molecule has 0 atom stereocenters. The Kier molecular flexibility index (Phi) is 2.57. The Hall–Kier alpha value is -2.38. The number of phenols is 2. The highest BCUT2D eigenvalue weighted by atomic mass is 19.4. The zero-order chi connectivity index (χ0) is 13.5. The van der Waals surface area contributed by atoms with Crippen LogP contribution in [0.3, 0.4) is 0 Å². The molecule has 8 heteroatoms. The molecule has 4 N–H and O–H groups in total. The number of hydrogen-bond acceptors (Lipinski definition) is 5. The molecular weight excluding hydrogens is 253 g/mol. The third kappa shape index (κ3) is 1.92. The summed E-state index contributed by atoms with van der Waals surface area (Å²) in [6.07, 6.45) is -4.76. The molecule has 1 heterocycles. The quantitative estimate of drug-likeness (QED) is 0.684. The zero-order valence-corrected chi connectivity index (χ0v) is 8.69. The van der Waals surface area contributed by atoms with Gasteiger partial charge in [0, 0.05) is 6.07 Å². The minimum atomic E-state index is -4.76. The van der Waals surface area contributed by atoms with E-state index in [0.29, 0.717) is 6.07 Å². The molecule has 0 fully saturated rings. The van der Waals surface area contributed by atoms with Crippen LogP contribution in [0.5, 0.6) is 11.5 Å². The summed E-state index contributed by atoms with van der Waals surface area (Å²) in [4.78, 5) is 0. The molecule has 0 saturated heterocycles. The molecule has 0 bridgehead atoms. The van der Waals surface area contributed by atoms with E-state index in [2.05, 4.69) is 9.68 Å². The first kappa shape index (κ1) is 12.1. The predicted molar refractivity (Wildman–Crippen MR) is 54.7 cm³/mol. The van der Waals surface area contributed by atoms with Gasteiger partial charge in [0.1, 0.15) is 5.56 Å². The fourth-order valence-corrected chi connectivity index (χ4v) is 1.42. The van der Waals surface area contributed by atoms with Crippen LogP contribution in [0.25, 0.3) is 11.3 Å². The summed E-state index contributed by atoms with van der Waals surface area (Å²) in [6.45, 7) is 0. The van der Waals surface area contributed by atoms with Crippen molar-refractivity contribution < 1.29 is 27.9 Å². The van der Waals surface area contributed by atoms with E-state index in [0.717, 1.165) is 6.07 Å². The van der Waals surface area contributed by atoms with Gasteiger partial charge in [0.2, 0.25) is 0 Å². The summed E-state index contributed by atoms with van der Waals surface area (Å²) < 4.78 is 42.0. The number of phenolic OH excluding ortho intramolecular Hbond substituents is 2. The van der Waals surface area contributed by atoms with Gasteiger partial charge >= 0.3 is 6.18 Å². The zero-order valence-electron chi connectivity index (χ0n) is 8.69. The first-order valence-corrected chi connectivity index (χ1v) is 4.65. The minimum Gasteiger partial charge on any atom is -0.504 e. The van der Waals surface area contributed by atoms with Gasteiger partial charge in [-0.3, -0.25) is 0 Å². The van der Waals surface area contributed by atoms with Gasteiger partial charge in [-0.1, -0.05) is 5.16 Å². The Morgan fingerprint density at radius 2 is 1.83 bits per heavy atom. The third-order valence-electron chi connectivity index (χ3n) is 2.25. The fraction of sp³-hybridized carbons (Fsp3) is 0.100. The second kappa shape index (κ2) is 3.83. The summed E-state index contributed by atoms with van der Waals surface area (Å²) in [5.41, 5.74) is 3.80. The lowest BCUT2D eigenvalue weighted by Gasteiger charge is -2.11. The van der Waals surface area contributed by atoms with Gasteiger partial charge in [-0.05, 0) is 12.1 Å². The lowest BCUT2D eigenvalue weighted by molar-refractivity contribution is -0.138. The number of rotatable bonds is 1. The van der Waals surface area contributed by atoms with Crippen LogP contribution < -0.4 is 5.73 Å². The second-order valence-electron chi connectivity index (χ2n) is 3.47. The molecule has 0 aliphatic carbocycles. The summed E-state index contributed by atoms with van der Waals surface area (Å²) >= 11 is 0. The van der Waals surface area contributed by atoms with Crippen molar-refractivity contribution in [3.8, 4) is 22.8 Å². The Morgan fingerprint density at radius 1 is 1.17 bits per heavy atom. The number of nitrogens with two attached hydrogens (primary N) is 1. The van der Waals surface area contributed by atoms with Gasteiger partial charge in [0.25, 0.3) is 0 Å². The predicted octanol–water partition coefficient (Wildman–Crippen LogP) is 2.35. The molecule has 18 heavy (non-hydrogen) atoms. The van der Waals surface area contributed by atoms with Gasteiger partial charge in [0.05, 0.1) is 5.56 Å². The molecule has 2 rings (SSSR count). The van der Waals surface area contributed by atoms with Crippen molar-refractivity contribution in [3.63, 3.8) is 0 Å². The standard InChI is InChI=1S/C10H7F3N2O3/c11-10(12,13)5-2-1-4(8(16)9(5)17)6-3-7(14)15-18-6/h1-3,16-17H,(H2,14,15). The van der Waals surface area contributed by atoms with Crippen molar-refractivity contribution in [2.75, 3.05) is 5.73 Å². The number of aromatic hydroxyl groups is 2. The van der Waals surface area contributed by atoms with E-state index in [1.807, 2.05) is 0 Å². The van der Waals surface area contributed by atoms with Crippen LogP contribution in [0.2, 0.25) is 0 Å². The van der Waals surface area contributed by atoms with Crippen molar-refractivity contribution in [2.45, 2.75) is 6.18 Å². The molecule has 0 amide bonds. The number of halogens is 3. The maximum absolute atomic E-state index is 12.4. The van der Waals surface area contributed by atoms with Crippen molar-refractivity contribution in [1.82, 2.24) is 5.16 Å². The summed E-state index contributed by atoms with van der Waals surface area (Å²) in [5.74, 6) is -2.26. The smallest absolute Gasteiger partial charge is 0.420 e. The van der Waals surface area contributed by atoms with Crippen LogP contribution in [-0.4, -0.2) is 15.4 Å². The first-order chi connectivity index (χ1) is 8.30. The molecule has 1 aromatic heterocycles. The maximum Gasteiger partial charge on any atom is 0.420 e. The average molecular weight is 260 g/mol. The molecule has 96 valence electrons. The van der Waals surface area contributed by atoms with Crippen LogP contribution in [-0.2, 0) is 6.18 Å². The highest BCUT2D eigenvalue weighted by Gasteiger charge is 2.36. The molecule has 2 aromatic rings. The molecule has 0 aliphatic heterocycles. The maximum atomic E-state index is 12.4. The van der Waals surface area contributed by atoms with Crippen molar-refractivity contribution in [3.05, 3.63) is 23.8 Å². The second-order valence-corrected chi connectivity index (χ2v) is 3.47. The normalized spacial score (nSPS) is 11.7. The van der Waals surface area contributed by atoms with E-state index in [9.17, 15) is 23.4 Å². The molecule has 0 radical (unpaired) electrons. The van der Waals surface area contributed by atoms with Gasteiger partial charge in [0.15, 0.2) is 23.1 Å². The first-order valence-electron chi connectivity index (χ1n) is 4.65. The fourth-order valence-electron chi connectivity index (χ4n) is 1.42. The van der Waals surface area contributed by atoms with Crippen LogP contribution in [0.1, 0.15) is 5.56 Å². The third-order valence-corrected chi connectivity index (χ3v) is 2.25.